The minimum atomic E-state index is -3.30. The van der Waals surface area contributed by atoms with Gasteiger partial charge in [0.1, 0.15) is 0 Å². The van der Waals surface area contributed by atoms with E-state index < -0.39 is 15.1 Å². The van der Waals surface area contributed by atoms with Gasteiger partial charge in [-0.1, -0.05) is 12.1 Å². The third kappa shape index (κ3) is 4.75. The van der Waals surface area contributed by atoms with Gasteiger partial charge in [-0.05, 0) is 44.4 Å². The van der Waals surface area contributed by atoms with Gasteiger partial charge in [0.2, 0.25) is 5.91 Å². The minimum absolute atomic E-state index is 0.166. The predicted molar refractivity (Wildman–Crippen MR) is 102 cm³/mol. The Bertz CT molecular complexity index is 882. The molecule has 0 atom stereocenters. The van der Waals surface area contributed by atoms with E-state index in [4.69, 9.17) is 4.74 Å². The molecule has 0 spiro atoms. The van der Waals surface area contributed by atoms with Crippen LogP contribution in [0.1, 0.15) is 38.3 Å². The third-order valence-electron chi connectivity index (χ3n) is 4.69. The molecule has 1 aromatic heterocycles. The number of anilines is 1. The first-order valence-electron chi connectivity index (χ1n) is 9.11. The van der Waals surface area contributed by atoms with E-state index in [-0.39, 0.29) is 17.2 Å². The van der Waals surface area contributed by atoms with Crippen molar-refractivity contribution in [3.8, 4) is 0 Å². The zero-order valence-corrected chi connectivity index (χ0v) is 16.4. The lowest BCUT2D eigenvalue weighted by molar-refractivity contribution is -0.115. The largest absolute Gasteiger partial charge is 0.381 e. The van der Waals surface area contributed by atoms with Gasteiger partial charge in [0.25, 0.3) is 0 Å². The van der Waals surface area contributed by atoms with Crippen LogP contribution in [0.4, 0.5) is 5.69 Å². The molecule has 2 heterocycles. The standard InChI is InChI=1S/C19H25N3O4S/c1-14(2)27(24,25)18-5-3-15(4-6-18)11-19(23)21-16-12-20-22(13-16)17-7-9-26-10-8-17/h3-6,12-14,17H,7-11H2,1-2H3,(H,21,23). The average molecular weight is 391 g/mol. The molecule has 0 aliphatic carbocycles. The van der Waals surface area contributed by atoms with E-state index in [1.54, 1.807) is 44.3 Å². The summed E-state index contributed by atoms with van der Waals surface area (Å²) in [5.74, 6) is -0.166. The summed E-state index contributed by atoms with van der Waals surface area (Å²) in [5.41, 5.74) is 1.41. The summed E-state index contributed by atoms with van der Waals surface area (Å²) in [7, 11) is -3.30. The molecule has 2 aromatic rings. The lowest BCUT2D eigenvalue weighted by atomic mass is 10.1. The second kappa shape index (κ2) is 8.22. The highest BCUT2D eigenvalue weighted by Crippen LogP contribution is 2.21. The van der Waals surface area contributed by atoms with E-state index in [0.717, 1.165) is 31.6 Å². The molecule has 1 aliphatic rings. The van der Waals surface area contributed by atoms with Gasteiger partial charge < -0.3 is 10.1 Å². The number of sulfone groups is 1. The molecule has 1 amide bonds. The highest BCUT2D eigenvalue weighted by molar-refractivity contribution is 7.92. The van der Waals surface area contributed by atoms with Crippen molar-refractivity contribution in [3.63, 3.8) is 0 Å². The zero-order chi connectivity index (χ0) is 19.4. The Balaban J connectivity index is 1.59. The molecule has 8 heteroatoms. The van der Waals surface area contributed by atoms with Crippen LogP contribution in [0.2, 0.25) is 0 Å². The summed E-state index contributed by atoms with van der Waals surface area (Å²) in [4.78, 5) is 12.5. The predicted octanol–water partition coefficient (Wildman–Crippen LogP) is 2.60. The molecule has 0 unspecified atom stereocenters. The van der Waals surface area contributed by atoms with Gasteiger partial charge in [-0.2, -0.15) is 5.10 Å². The average Bonchev–Trinajstić information content (AvgIpc) is 3.11. The van der Waals surface area contributed by atoms with Gasteiger partial charge in [-0.25, -0.2) is 8.42 Å². The lowest BCUT2D eigenvalue weighted by Gasteiger charge is -2.22. The van der Waals surface area contributed by atoms with Crippen molar-refractivity contribution in [2.45, 2.75) is 49.3 Å². The molecule has 1 fully saturated rings. The summed E-state index contributed by atoms with van der Waals surface area (Å²) < 4.78 is 31.5. The van der Waals surface area contributed by atoms with E-state index in [0.29, 0.717) is 11.7 Å². The topological polar surface area (TPSA) is 90.3 Å². The highest BCUT2D eigenvalue weighted by atomic mass is 32.2. The molecule has 0 saturated carbocycles. The fraction of sp³-hybridized carbons (Fsp3) is 0.474. The minimum Gasteiger partial charge on any atom is -0.381 e. The number of hydrogen-bond acceptors (Lipinski definition) is 5. The molecule has 1 N–H and O–H groups in total. The number of carbonyl (C=O) groups is 1. The first kappa shape index (κ1) is 19.6. The summed E-state index contributed by atoms with van der Waals surface area (Å²) in [6.45, 7) is 4.76. The lowest BCUT2D eigenvalue weighted by Crippen LogP contribution is -2.20. The number of nitrogens with one attached hydrogen (secondary N) is 1. The summed E-state index contributed by atoms with van der Waals surface area (Å²) in [5, 5.41) is 6.70. The van der Waals surface area contributed by atoms with E-state index in [1.807, 2.05) is 10.9 Å². The van der Waals surface area contributed by atoms with Crippen molar-refractivity contribution in [1.29, 1.82) is 0 Å². The van der Waals surface area contributed by atoms with Crippen LogP contribution in [0.25, 0.3) is 0 Å². The maximum atomic E-state index is 12.3. The van der Waals surface area contributed by atoms with E-state index in [9.17, 15) is 13.2 Å². The van der Waals surface area contributed by atoms with Crippen molar-refractivity contribution in [2.24, 2.45) is 0 Å². The van der Waals surface area contributed by atoms with Crippen molar-refractivity contribution in [3.05, 3.63) is 42.2 Å². The SMILES string of the molecule is CC(C)S(=O)(=O)c1ccc(CC(=O)Nc2cnn(C3CCOCC3)c2)cc1. The monoisotopic (exact) mass is 391 g/mol. The number of amides is 1. The van der Waals surface area contributed by atoms with Crippen LogP contribution in [0.15, 0.2) is 41.6 Å². The first-order chi connectivity index (χ1) is 12.9. The number of rotatable bonds is 6. The van der Waals surface area contributed by atoms with Crippen LogP contribution in [0.3, 0.4) is 0 Å². The van der Waals surface area contributed by atoms with Crippen molar-refractivity contribution in [1.82, 2.24) is 9.78 Å². The van der Waals surface area contributed by atoms with Crippen LogP contribution < -0.4 is 5.32 Å². The second-order valence-electron chi connectivity index (χ2n) is 7.02. The Morgan fingerprint density at radius 1 is 1.26 bits per heavy atom. The van der Waals surface area contributed by atoms with Crippen molar-refractivity contribution < 1.29 is 17.9 Å². The summed E-state index contributed by atoms with van der Waals surface area (Å²) in [6.07, 6.45) is 5.49. The maximum absolute atomic E-state index is 12.3. The van der Waals surface area contributed by atoms with E-state index in [2.05, 4.69) is 10.4 Å². The van der Waals surface area contributed by atoms with Crippen LogP contribution in [-0.2, 0) is 25.8 Å². The van der Waals surface area contributed by atoms with Gasteiger partial charge in [-0.15, -0.1) is 0 Å². The Kier molecular flexibility index (Phi) is 5.96. The molecular formula is C19H25N3O4S. The first-order valence-corrected chi connectivity index (χ1v) is 10.7. The van der Waals surface area contributed by atoms with Gasteiger partial charge in [0.05, 0.1) is 34.5 Å². The smallest absolute Gasteiger partial charge is 0.228 e. The van der Waals surface area contributed by atoms with Crippen LogP contribution in [-0.4, -0.2) is 42.6 Å². The molecule has 27 heavy (non-hydrogen) atoms. The van der Waals surface area contributed by atoms with Gasteiger partial charge in [-0.3, -0.25) is 9.48 Å². The third-order valence-corrected chi connectivity index (χ3v) is 6.86. The number of benzene rings is 1. The summed E-state index contributed by atoms with van der Waals surface area (Å²) in [6, 6.07) is 6.78. The zero-order valence-electron chi connectivity index (χ0n) is 15.6. The van der Waals surface area contributed by atoms with Crippen LogP contribution in [0, 0.1) is 0 Å². The van der Waals surface area contributed by atoms with Crippen molar-refractivity contribution >= 4 is 21.4 Å². The molecule has 0 bridgehead atoms. The molecule has 0 radical (unpaired) electrons. The molecular weight excluding hydrogens is 366 g/mol. The van der Waals surface area contributed by atoms with Gasteiger partial charge >= 0.3 is 0 Å². The molecule has 3 rings (SSSR count). The number of aromatic nitrogens is 2. The number of hydrogen-bond donors (Lipinski definition) is 1. The van der Waals surface area contributed by atoms with E-state index >= 15 is 0 Å². The van der Waals surface area contributed by atoms with Crippen LogP contribution >= 0.6 is 0 Å². The van der Waals surface area contributed by atoms with Gasteiger partial charge in [0, 0.05) is 19.4 Å². The fourth-order valence-electron chi connectivity index (χ4n) is 3.01. The fourth-order valence-corrected chi connectivity index (χ4v) is 4.07. The number of ether oxygens (including phenoxy) is 1. The number of nitrogens with zero attached hydrogens (tertiary/aromatic N) is 2. The van der Waals surface area contributed by atoms with E-state index in [1.165, 1.54) is 0 Å². The van der Waals surface area contributed by atoms with Crippen LogP contribution in [0.5, 0.6) is 0 Å². The highest BCUT2D eigenvalue weighted by Gasteiger charge is 2.19. The Morgan fingerprint density at radius 3 is 2.56 bits per heavy atom. The Morgan fingerprint density at radius 2 is 1.93 bits per heavy atom. The van der Waals surface area contributed by atoms with Gasteiger partial charge in [0.15, 0.2) is 9.84 Å². The molecule has 146 valence electrons. The number of carbonyl (C=O) groups excluding carboxylic acids is 1. The summed E-state index contributed by atoms with van der Waals surface area (Å²) >= 11 is 0. The quantitative estimate of drug-likeness (QED) is 0.817. The van der Waals surface area contributed by atoms with Crippen molar-refractivity contribution in [2.75, 3.05) is 18.5 Å². The molecule has 1 aromatic carbocycles. The molecule has 1 saturated heterocycles. The normalized spacial score (nSPS) is 15.8. The maximum Gasteiger partial charge on any atom is 0.228 e. The molecule has 7 nitrogen and oxygen atoms in total. The Hall–Kier alpha value is -2.19. The molecule has 1 aliphatic heterocycles. The Labute approximate surface area is 159 Å². The second-order valence-corrected chi connectivity index (χ2v) is 9.52.